The zero-order chi connectivity index (χ0) is 14.3. The van der Waals surface area contributed by atoms with Crippen LogP contribution in [0.15, 0.2) is 30.3 Å². The van der Waals surface area contributed by atoms with Crippen LogP contribution >= 0.6 is 12.4 Å². The third kappa shape index (κ3) is 7.51. The van der Waals surface area contributed by atoms with Crippen LogP contribution in [0.2, 0.25) is 0 Å². The Kier molecular flexibility index (Phi) is 8.51. The van der Waals surface area contributed by atoms with Crippen LogP contribution in [0, 0.1) is 5.41 Å². The molecule has 0 aliphatic heterocycles. The van der Waals surface area contributed by atoms with Crippen molar-refractivity contribution in [3.63, 3.8) is 0 Å². The van der Waals surface area contributed by atoms with Crippen LogP contribution in [0.3, 0.4) is 0 Å². The predicted molar refractivity (Wildman–Crippen MR) is 87.1 cm³/mol. The highest BCUT2D eigenvalue weighted by atomic mass is 35.5. The van der Waals surface area contributed by atoms with Crippen LogP contribution in [0.1, 0.15) is 32.8 Å². The molecule has 1 aromatic carbocycles. The second-order valence-corrected chi connectivity index (χ2v) is 6.15. The first-order valence-electron chi connectivity index (χ1n) is 6.89. The van der Waals surface area contributed by atoms with Crippen molar-refractivity contribution in [1.29, 1.82) is 0 Å². The summed E-state index contributed by atoms with van der Waals surface area (Å²) in [6.45, 7) is 8.70. The number of amides is 1. The highest BCUT2D eigenvalue weighted by Gasteiger charge is 2.20. The molecule has 1 amide bonds. The highest BCUT2D eigenvalue weighted by Crippen LogP contribution is 2.18. The number of hydrogen-bond donors (Lipinski definition) is 1. The SMILES string of the molecule is CNCCC(=O)N(Cc1ccccc1)CC(C)(C)C.Cl. The third-order valence-corrected chi connectivity index (χ3v) is 2.82. The summed E-state index contributed by atoms with van der Waals surface area (Å²) in [5.41, 5.74) is 1.30. The Labute approximate surface area is 129 Å². The van der Waals surface area contributed by atoms with E-state index < -0.39 is 0 Å². The maximum Gasteiger partial charge on any atom is 0.224 e. The molecule has 0 aliphatic carbocycles. The van der Waals surface area contributed by atoms with Crippen molar-refractivity contribution in [3.05, 3.63) is 35.9 Å². The molecule has 3 nitrogen and oxygen atoms in total. The van der Waals surface area contributed by atoms with Gasteiger partial charge in [-0.15, -0.1) is 12.4 Å². The number of carbonyl (C=O) groups is 1. The fourth-order valence-electron chi connectivity index (χ4n) is 2.00. The predicted octanol–water partition coefficient (Wildman–Crippen LogP) is 3.09. The summed E-state index contributed by atoms with van der Waals surface area (Å²) in [6.07, 6.45) is 0.555. The lowest BCUT2D eigenvalue weighted by Crippen LogP contribution is -2.38. The first-order chi connectivity index (χ1) is 8.92. The lowest BCUT2D eigenvalue weighted by molar-refractivity contribution is -0.133. The maximum absolute atomic E-state index is 12.3. The van der Waals surface area contributed by atoms with Gasteiger partial charge in [-0.1, -0.05) is 51.1 Å². The molecule has 4 heteroatoms. The quantitative estimate of drug-likeness (QED) is 0.875. The maximum atomic E-state index is 12.3. The number of rotatable bonds is 6. The van der Waals surface area contributed by atoms with Gasteiger partial charge in [-0.05, 0) is 18.0 Å². The van der Waals surface area contributed by atoms with Crippen LogP contribution in [-0.4, -0.2) is 30.9 Å². The number of hydrogen-bond acceptors (Lipinski definition) is 2. The van der Waals surface area contributed by atoms with Crippen molar-refractivity contribution in [1.82, 2.24) is 10.2 Å². The second kappa shape index (κ2) is 8.98. The number of carbonyl (C=O) groups excluding carboxylic acids is 1. The molecule has 0 saturated heterocycles. The molecular formula is C16H27ClN2O. The number of halogens is 1. The van der Waals surface area contributed by atoms with Crippen LogP contribution in [0.25, 0.3) is 0 Å². The molecule has 0 bridgehead atoms. The van der Waals surface area contributed by atoms with Crippen molar-refractivity contribution >= 4 is 18.3 Å². The summed E-state index contributed by atoms with van der Waals surface area (Å²) in [5.74, 6) is 0.216. The molecule has 0 aromatic heterocycles. The molecule has 0 aliphatic rings. The van der Waals surface area contributed by atoms with Crippen molar-refractivity contribution in [2.75, 3.05) is 20.1 Å². The minimum atomic E-state index is 0. The van der Waals surface area contributed by atoms with Gasteiger partial charge in [-0.25, -0.2) is 0 Å². The molecule has 1 N–H and O–H groups in total. The fourth-order valence-corrected chi connectivity index (χ4v) is 2.00. The van der Waals surface area contributed by atoms with E-state index >= 15 is 0 Å². The van der Waals surface area contributed by atoms with Crippen LogP contribution in [-0.2, 0) is 11.3 Å². The summed E-state index contributed by atoms with van der Waals surface area (Å²) in [7, 11) is 1.87. The smallest absolute Gasteiger partial charge is 0.224 e. The molecule has 0 heterocycles. The van der Waals surface area contributed by atoms with Gasteiger partial charge >= 0.3 is 0 Å². The molecule has 1 aromatic rings. The van der Waals surface area contributed by atoms with Gasteiger partial charge in [0.25, 0.3) is 0 Å². The Bertz CT molecular complexity index is 387. The van der Waals surface area contributed by atoms with Gasteiger partial charge in [0.15, 0.2) is 0 Å². The van der Waals surface area contributed by atoms with E-state index in [1.165, 1.54) is 5.56 Å². The molecule has 1 rings (SSSR count). The lowest BCUT2D eigenvalue weighted by atomic mass is 9.95. The highest BCUT2D eigenvalue weighted by molar-refractivity contribution is 5.85. The van der Waals surface area contributed by atoms with E-state index in [1.807, 2.05) is 30.1 Å². The topological polar surface area (TPSA) is 32.3 Å². The van der Waals surface area contributed by atoms with Crippen LogP contribution in [0.4, 0.5) is 0 Å². The Balaban J connectivity index is 0.00000361. The van der Waals surface area contributed by atoms with E-state index in [9.17, 15) is 4.79 Å². The number of nitrogens with one attached hydrogen (secondary N) is 1. The van der Waals surface area contributed by atoms with Crippen molar-refractivity contribution in [2.24, 2.45) is 5.41 Å². The normalized spacial score (nSPS) is 10.8. The number of benzene rings is 1. The molecule has 0 spiro atoms. The molecule has 114 valence electrons. The average Bonchev–Trinajstić information content (AvgIpc) is 2.35. The molecule has 0 radical (unpaired) electrons. The Morgan fingerprint density at radius 3 is 2.30 bits per heavy atom. The largest absolute Gasteiger partial charge is 0.338 e. The minimum Gasteiger partial charge on any atom is -0.338 e. The number of nitrogens with zero attached hydrogens (tertiary/aromatic N) is 1. The van der Waals surface area contributed by atoms with Gasteiger partial charge in [0.05, 0.1) is 0 Å². The standard InChI is InChI=1S/C16H26N2O.ClH/c1-16(2,3)13-18(15(19)10-11-17-4)12-14-8-6-5-7-9-14;/h5-9,17H,10-13H2,1-4H3;1H. The van der Waals surface area contributed by atoms with E-state index in [-0.39, 0.29) is 23.7 Å². The zero-order valence-corrected chi connectivity index (χ0v) is 13.8. The molecule has 0 fully saturated rings. The third-order valence-electron chi connectivity index (χ3n) is 2.82. The van der Waals surface area contributed by atoms with Crippen molar-refractivity contribution in [3.8, 4) is 0 Å². The summed E-state index contributed by atoms with van der Waals surface area (Å²) in [4.78, 5) is 14.2. The Morgan fingerprint density at radius 2 is 1.80 bits per heavy atom. The zero-order valence-electron chi connectivity index (χ0n) is 13.0. The van der Waals surface area contributed by atoms with E-state index in [4.69, 9.17) is 0 Å². The van der Waals surface area contributed by atoms with Gasteiger partial charge in [-0.3, -0.25) is 4.79 Å². The Hall–Kier alpha value is -1.06. The summed E-state index contributed by atoms with van der Waals surface area (Å²) in [6, 6.07) is 10.2. The van der Waals surface area contributed by atoms with E-state index in [0.717, 1.165) is 13.1 Å². The molecule has 20 heavy (non-hydrogen) atoms. The van der Waals surface area contributed by atoms with Gasteiger partial charge in [-0.2, -0.15) is 0 Å². The molecular weight excluding hydrogens is 272 g/mol. The Morgan fingerprint density at radius 1 is 1.20 bits per heavy atom. The monoisotopic (exact) mass is 298 g/mol. The summed E-state index contributed by atoms with van der Waals surface area (Å²) < 4.78 is 0. The minimum absolute atomic E-state index is 0. The van der Waals surface area contributed by atoms with Crippen molar-refractivity contribution < 1.29 is 4.79 Å². The first kappa shape index (κ1) is 18.9. The average molecular weight is 299 g/mol. The van der Waals surface area contributed by atoms with E-state index in [0.29, 0.717) is 13.0 Å². The van der Waals surface area contributed by atoms with Crippen LogP contribution < -0.4 is 5.32 Å². The second-order valence-electron chi connectivity index (χ2n) is 6.15. The van der Waals surface area contributed by atoms with Crippen LogP contribution in [0.5, 0.6) is 0 Å². The van der Waals surface area contributed by atoms with Gasteiger partial charge < -0.3 is 10.2 Å². The van der Waals surface area contributed by atoms with Gasteiger partial charge in [0.1, 0.15) is 0 Å². The fraction of sp³-hybridized carbons (Fsp3) is 0.562. The van der Waals surface area contributed by atoms with Gasteiger partial charge in [0, 0.05) is 26.1 Å². The van der Waals surface area contributed by atoms with E-state index in [1.54, 1.807) is 0 Å². The summed E-state index contributed by atoms with van der Waals surface area (Å²) >= 11 is 0. The van der Waals surface area contributed by atoms with Crippen molar-refractivity contribution in [2.45, 2.75) is 33.7 Å². The van der Waals surface area contributed by atoms with Gasteiger partial charge in [0.2, 0.25) is 5.91 Å². The van der Waals surface area contributed by atoms with E-state index in [2.05, 4.69) is 38.2 Å². The lowest BCUT2D eigenvalue weighted by Gasteiger charge is -2.30. The molecule has 0 atom stereocenters. The molecule has 0 unspecified atom stereocenters. The summed E-state index contributed by atoms with van der Waals surface area (Å²) in [5, 5.41) is 3.03. The first-order valence-corrected chi connectivity index (χ1v) is 6.89. The molecule has 0 saturated carbocycles.